The summed E-state index contributed by atoms with van der Waals surface area (Å²) in [4.78, 5) is 11.7. The number of rotatable bonds is 7. The van der Waals surface area contributed by atoms with Crippen LogP contribution in [0.4, 0.5) is 8.78 Å². The molecule has 0 aliphatic heterocycles. The Hall–Kier alpha value is -2.03. The van der Waals surface area contributed by atoms with E-state index in [-0.39, 0.29) is 12.3 Å². The topological polar surface area (TPSA) is 72.7 Å². The van der Waals surface area contributed by atoms with E-state index in [1.165, 1.54) is 17.8 Å². The van der Waals surface area contributed by atoms with Crippen molar-refractivity contribution in [1.82, 2.24) is 25.5 Å². The van der Waals surface area contributed by atoms with E-state index in [4.69, 9.17) is 0 Å². The molecule has 0 fully saturated rings. The summed E-state index contributed by atoms with van der Waals surface area (Å²) in [7, 11) is 1.74. The van der Waals surface area contributed by atoms with E-state index in [0.29, 0.717) is 29.4 Å². The van der Waals surface area contributed by atoms with Crippen LogP contribution < -0.4 is 5.32 Å². The largest absolute Gasteiger partial charge is 0.355 e. The number of nitrogens with one attached hydrogen (secondary N) is 1. The van der Waals surface area contributed by atoms with Crippen LogP contribution in [0.15, 0.2) is 23.4 Å². The summed E-state index contributed by atoms with van der Waals surface area (Å²) in [6.45, 7) is 0.480. The van der Waals surface area contributed by atoms with Gasteiger partial charge in [-0.25, -0.2) is 13.5 Å². The van der Waals surface area contributed by atoms with Crippen molar-refractivity contribution in [3.8, 4) is 0 Å². The lowest BCUT2D eigenvalue weighted by molar-refractivity contribution is -0.120. The number of carbonyl (C=O) groups excluding carboxylic acids is 1. The lowest BCUT2D eigenvalue weighted by atomic mass is 10.1. The van der Waals surface area contributed by atoms with E-state index in [1.807, 2.05) is 0 Å². The number of hydrogen-bond acceptors (Lipinski definition) is 5. The molecule has 0 radical (unpaired) electrons. The van der Waals surface area contributed by atoms with Crippen LogP contribution in [-0.2, 0) is 18.3 Å². The zero-order valence-corrected chi connectivity index (χ0v) is 12.7. The van der Waals surface area contributed by atoms with E-state index in [9.17, 15) is 13.6 Å². The molecular weight excluding hydrogens is 312 g/mol. The summed E-state index contributed by atoms with van der Waals surface area (Å²) in [5.74, 6) is -1.28. The third kappa shape index (κ3) is 4.76. The molecule has 0 spiro atoms. The minimum atomic E-state index is -0.897. The third-order valence-electron chi connectivity index (χ3n) is 2.86. The second-order valence-corrected chi connectivity index (χ2v) is 5.59. The number of carbonyl (C=O) groups is 1. The lowest BCUT2D eigenvalue weighted by Gasteiger charge is -2.05. The Morgan fingerprint density at radius 2 is 2.18 bits per heavy atom. The Kier molecular flexibility index (Phi) is 5.82. The number of hydrogen-bond donors (Lipinski definition) is 1. The molecule has 0 saturated heterocycles. The van der Waals surface area contributed by atoms with Gasteiger partial charge in [0.2, 0.25) is 11.1 Å². The molecule has 0 aliphatic carbocycles. The summed E-state index contributed by atoms with van der Waals surface area (Å²) in [5.41, 5.74) is 0.591. The average molecular weight is 327 g/mol. The molecular formula is C13H15F2N5OS. The first-order valence-corrected chi connectivity index (χ1v) is 7.60. The normalized spacial score (nSPS) is 10.7. The third-order valence-corrected chi connectivity index (χ3v) is 3.87. The highest BCUT2D eigenvalue weighted by molar-refractivity contribution is 7.99. The summed E-state index contributed by atoms with van der Waals surface area (Å²) in [6.07, 6.45) is 0.588. The molecule has 1 heterocycles. The minimum Gasteiger partial charge on any atom is -0.355 e. The number of nitrogens with zero attached hydrogens (tertiary/aromatic N) is 4. The van der Waals surface area contributed by atoms with Crippen molar-refractivity contribution in [1.29, 1.82) is 0 Å². The van der Waals surface area contributed by atoms with Crippen molar-refractivity contribution >= 4 is 17.7 Å². The molecule has 0 bridgehead atoms. The van der Waals surface area contributed by atoms with Crippen LogP contribution in [0.5, 0.6) is 0 Å². The molecule has 0 aliphatic rings. The van der Waals surface area contributed by atoms with Gasteiger partial charge in [-0.15, -0.1) is 5.10 Å². The minimum absolute atomic E-state index is 0.138. The molecule has 1 aromatic heterocycles. The maximum Gasteiger partial charge on any atom is 0.220 e. The SMILES string of the molecule is Cn1nnnc1SCCNC(=O)CCc1ccc(F)c(F)c1. The Balaban J connectivity index is 1.65. The van der Waals surface area contributed by atoms with E-state index in [0.717, 1.165) is 12.1 Å². The summed E-state index contributed by atoms with van der Waals surface area (Å²) >= 11 is 1.43. The molecule has 0 unspecified atom stereocenters. The molecule has 1 N–H and O–H groups in total. The predicted octanol–water partition coefficient (Wildman–Crippen LogP) is 1.33. The highest BCUT2D eigenvalue weighted by atomic mass is 32.2. The molecule has 22 heavy (non-hydrogen) atoms. The van der Waals surface area contributed by atoms with Crippen molar-refractivity contribution in [3.63, 3.8) is 0 Å². The molecule has 118 valence electrons. The van der Waals surface area contributed by atoms with Crippen molar-refractivity contribution in [3.05, 3.63) is 35.4 Å². The second-order valence-electron chi connectivity index (χ2n) is 4.53. The van der Waals surface area contributed by atoms with Gasteiger partial charge in [0.1, 0.15) is 0 Å². The molecule has 1 aromatic carbocycles. The van der Waals surface area contributed by atoms with Crippen LogP contribution in [0.25, 0.3) is 0 Å². The molecule has 0 atom stereocenters. The maximum atomic E-state index is 13.0. The number of aromatic nitrogens is 4. The summed E-state index contributed by atoms with van der Waals surface area (Å²) in [6, 6.07) is 3.65. The smallest absolute Gasteiger partial charge is 0.220 e. The highest BCUT2D eigenvalue weighted by Crippen LogP contribution is 2.11. The lowest BCUT2D eigenvalue weighted by Crippen LogP contribution is -2.26. The van der Waals surface area contributed by atoms with Crippen LogP contribution >= 0.6 is 11.8 Å². The van der Waals surface area contributed by atoms with Gasteiger partial charge in [-0.3, -0.25) is 4.79 Å². The van der Waals surface area contributed by atoms with Gasteiger partial charge in [0.15, 0.2) is 11.6 Å². The summed E-state index contributed by atoms with van der Waals surface area (Å²) in [5, 5.41) is 14.4. The zero-order chi connectivity index (χ0) is 15.9. The number of aryl methyl sites for hydroxylation is 2. The molecule has 2 rings (SSSR count). The van der Waals surface area contributed by atoms with Crippen LogP contribution in [0.3, 0.4) is 0 Å². The van der Waals surface area contributed by atoms with Crippen LogP contribution in [0.1, 0.15) is 12.0 Å². The number of thioether (sulfide) groups is 1. The second kappa shape index (κ2) is 7.83. The number of benzene rings is 1. The Labute approximate surface area is 130 Å². The standard InChI is InChI=1S/C13H15F2N5OS/c1-20-13(17-18-19-20)22-7-6-16-12(21)5-3-9-2-4-10(14)11(15)8-9/h2,4,8H,3,5-7H2,1H3,(H,16,21). The Bertz CT molecular complexity index is 649. The fraction of sp³-hybridized carbons (Fsp3) is 0.385. The Morgan fingerprint density at radius 3 is 2.86 bits per heavy atom. The molecule has 6 nitrogen and oxygen atoms in total. The first kappa shape index (κ1) is 16.3. The summed E-state index contributed by atoms with van der Waals surface area (Å²) < 4.78 is 27.3. The van der Waals surface area contributed by atoms with Gasteiger partial charge in [0, 0.05) is 25.8 Å². The van der Waals surface area contributed by atoms with Crippen molar-refractivity contribution in [2.24, 2.45) is 7.05 Å². The van der Waals surface area contributed by atoms with Gasteiger partial charge in [-0.1, -0.05) is 17.8 Å². The highest BCUT2D eigenvalue weighted by Gasteiger charge is 2.06. The van der Waals surface area contributed by atoms with E-state index in [1.54, 1.807) is 11.7 Å². The Morgan fingerprint density at radius 1 is 1.36 bits per heavy atom. The van der Waals surface area contributed by atoms with Gasteiger partial charge < -0.3 is 5.32 Å². The first-order chi connectivity index (χ1) is 10.6. The molecule has 2 aromatic rings. The van der Waals surface area contributed by atoms with E-state index in [2.05, 4.69) is 20.8 Å². The van der Waals surface area contributed by atoms with Gasteiger partial charge in [-0.05, 0) is 34.5 Å². The zero-order valence-electron chi connectivity index (χ0n) is 11.9. The predicted molar refractivity (Wildman–Crippen MR) is 77.2 cm³/mol. The molecule has 0 saturated carbocycles. The monoisotopic (exact) mass is 327 g/mol. The van der Waals surface area contributed by atoms with Gasteiger partial charge in [0.05, 0.1) is 0 Å². The average Bonchev–Trinajstić information content (AvgIpc) is 2.90. The van der Waals surface area contributed by atoms with Crippen molar-refractivity contribution in [2.45, 2.75) is 18.0 Å². The fourth-order valence-electron chi connectivity index (χ4n) is 1.72. The maximum absolute atomic E-state index is 13.0. The first-order valence-electron chi connectivity index (χ1n) is 6.62. The van der Waals surface area contributed by atoms with Crippen LogP contribution in [0.2, 0.25) is 0 Å². The van der Waals surface area contributed by atoms with E-state index < -0.39 is 11.6 Å². The number of tetrazole rings is 1. The molecule has 9 heteroatoms. The van der Waals surface area contributed by atoms with Crippen molar-refractivity contribution in [2.75, 3.05) is 12.3 Å². The fourth-order valence-corrected chi connectivity index (χ4v) is 2.42. The van der Waals surface area contributed by atoms with Crippen LogP contribution in [0, 0.1) is 11.6 Å². The number of amides is 1. The van der Waals surface area contributed by atoms with Gasteiger partial charge in [-0.2, -0.15) is 0 Å². The van der Waals surface area contributed by atoms with Gasteiger partial charge in [0.25, 0.3) is 0 Å². The van der Waals surface area contributed by atoms with Crippen LogP contribution in [-0.4, -0.2) is 38.4 Å². The molecule has 1 amide bonds. The van der Waals surface area contributed by atoms with Crippen molar-refractivity contribution < 1.29 is 13.6 Å². The van der Waals surface area contributed by atoms with E-state index >= 15 is 0 Å². The quantitative estimate of drug-likeness (QED) is 0.613. The van der Waals surface area contributed by atoms with Gasteiger partial charge >= 0.3 is 0 Å². The number of halogens is 2.